The van der Waals surface area contributed by atoms with Gasteiger partial charge in [-0.1, -0.05) is 12.1 Å². The summed E-state index contributed by atoms with van der Waals surface area (Å²) in [6.45, 7) is 0.875. The largest absolute Gasteiger partial charge is 0.481 e. The van der Waals surface area contributed by atoms with Crippen LogP contribution in [0.4, 0.5) is 0 Å². The SMILES string of the molecule is O=C(O)CCCCn1c(C2CC2)nc2ccccc21. The Morgan fingerprint density at radius 1 is 1.32 bits per heavy atom. The van der Waals surface area contributed by atoms with Crippen LogP contribution in [0.2, 0.25) is 0 Å². The van der Waals surface area contributed by atoms with Gasteiger partial charge in [-0.15, -0.1) is 0 Å². The normalized spacial score (nSPS) is 14.9. The topological polar surface area (TPSA) is 55.1 Å². The van der Waals surface area contributed by atoms with Gasteiger partial charge in [-0.2, -0.15) is 0 Å². The lowest BCUT2D eigenvalue weighted by molar-refractivity contribution is -0.137. The van der Waals surface area contributed by atoms with Crippen molar-refractivity contribution < 1.29 is 9.90 Å². The molecule has 0 amide bonds. The molecule has 0 saturated heterocycles. The molecule has 100 valence electrons. The van der Waals surface area contributed by atoms with Crippen LogP contribution in [-0.4, -0.2) is 20.6 Å². The number of unbranched alkanes of at least 4 members (excludes halogenated alkanes) is 1. The number of fused-ring (bicyclic) bond motifs is 1. The van der Waals surface area contributed by atoms with E-state index in [4.69, 9.17) is 10.1 Å². The molecule has 1 aromatic carbocycles. The van der Waals surface area contributed by atoms with Crippen LogP contribution in [-0.2, 0) is 11.3 Å². The molecule has 2 aromatic rings. The minimum absolute atomic E-state index is 0.255. The Balaban J connectivity index is 1.79. The van der Waals surface area contributed by atoms with Crippen LogP contribution >= 0.6 is 0 Å². The maximum atomic E-state index is 10.5. The predicted octanol–water partition coefficient (Wildman–Crippen LogP) is 3.17. The van der Waals surface area contributed by atoms with Crippen LogP contribution in [0.3, 0.4) is 0 Å². The Morgan fingerprint density at radius 2 is 2.11 bits per heavy atom. The number of carboxylic acid groups (broad SMARTS) is 1. The molecule has 1 fully saturated rings. The Bertz CT molecular complexity index is 599. The van der Waals surface area contributed by atoms with E-state index in [1.54, 1.807) is 0 Å². The number of nitrogens with zero attached hydrogens (tertiary/aromatic N) is 2. The summed E-state index contributed by atoms with van der Waals surface area (Å²) in [5.74, 6) is 1.10. The molecule has 1 aromatic heterocycles. The first-order chi connectivity index (χ1) is 9.25. The molecule has 1 aliphatic rings. The van der Waals surface area contributed by atoms with Gasteiger partial charge in [0.1, 0.15) is 5.82 Å². The first-order valence-corrected chi connectivity index (χ1v) is 6.92. The van der Waals surface area contributed by atoms with Crippen molar-refractivity contribution in [2.75, 3.05) is 0 Å². The summed E-state index contributed by atoms with van der Waals surface area (Å²) < 4.78 is 2.29. The standard InChI is InChI=1S/C15H18N2O2/c18-14(19)7-3-4-10-17-13-6-2-1-5-12(13)16-15(17)11-8-9-11/h1-2,5-6,11H,3-4,7-10H2,(H,18,19). The number of aryl methyl sites for hydroxylation is 1. The fourth-order valence-electron chi connectivity index (χ4n) is 2.53. The van der Waals surface area contributed by atoms with E-state index >= 15 is 0 Å². The number of aliphatic carboxylic acids is 1. The molecule has 0 atom stereocenters. The van der Waals surface area contributed by atoms with E-state index < -0.39 is 5.97 Å². The average molecular weight is 258 g/mol. The molecule has 0 bridgehead atoms. The van der Waals surface area contributed by atoms with Gasteiger partial charge in [0.2, 0.25) is 0 Å². The van der Waals surface area contributed by atoms with Gasteiger partial charge in [-0.3, -0.25) is 4.79 Å². The lowest BCUT2D eigenvalue weighted by Crippen LogP contribution is -2.04. The number of hydrogen-bond acceptors (Lipinski definition) is 2. The zero-order valence-corrected chi connectivity index (χ0v) is 10.9. The van der Waals surface area contributed by atoms with E-state index in [0.29, 0.717) is 5.92 Å². The number of carbonyl (C=O) groups is 1. The van der Waals surface area contributed by atoms with Crippen molar-refractivity contribution >= 4 is 17.0 Å². The zero-order valence-electron chi connectivity index (χ0n) is 10.9. The third-order valence-electron chi connectivity index (χ3n) is 3.65. The predicted molar refractivity (Wildman–Crippen MR) is 73.2 cm³/mol. The maximum absolute atomic E-state index is 10.5. The Morgan fingerprint density at radius 3 is 2.84 bits per heavy atom. The fraction of sp³-hybridized carbons (Fsp3) is 0.467. The van der Waals surface area contributed by atoms with Gasteiger partial charge in [-0.05, 0) is 37.8 Å². The Labute approximate surface area is 112 Å². The molecule has 1 aliphatic carbocycles. The van der Waals surface area contributed by atoms with Crippen LogP contribution in [0, 0.1) is 0 Å². The minimum Gasteiger partial charge on any atom is -0.481 e. The average Bonchev–Trinajstić information content (AvgIpc) is 3.17. The van der Waals surface area contributed by atoms with Crippen LogP contribution < -0.4 is 0 Å². The molecule has 3 rings (SSSR count). The van der Waals surface area contributed by atoms with E-state index in [1.807, 2.05) is 12.1 Å². The van der Waals surface area contributed by atoms with Crippen LogP contribution in [0.1, 0.15) is 43.8 Å². The molecule has 1 N–H and O–H groups in total. The highest BCUT2D eigenvalue weighted by Gasteiger charge is 2.29. The second-order valence-electron chi connectivity index (χ2n) is 5.24. The van der Waals surface area contributed by atoms with E-state index in [2.05, 4.69) is 16.7 Å². The summed E-state index contributed by atoms with van der Waals surface area (Å²) in [6.07, 6.45) is 4.35. The molecular weight excluding hydrogens is 240 g/mol. The van der Waals surface area contributed by atoms with Crippen molar-refractivity contribution in [1.29, 1.82) is 0 Å². The fourth-order valence-corrected chi connectivity index (χ4v) is 2.53. The van der Waals surface area contributed by atoms with Crippen molar-refractivity contribution in [2.24, 2.45) is 0 Å². The zero-order chi connectivity index (χ0) is 13.2. The molecular formula is C15H18N2O2. The molecule has 1 heterocycles. The van der Waals surface area contributed by atoms with E-state index in [1.165, 1.54) is 24.2 Å². The summed E-state index contributed by atoms with van der Waals surface area (Å²) in [7, 11) is 0. The third-order valence-corrected chi connectivity index (χ3v) is 3.65. The maximum Gasteiger partial charge on any atom is 0.303 e. The smallest absolute Gasteiger partial charge is 0.303 e. The first kappa shape index (κ1) is 12.2. The summed E-state index contributed by atoms with van der Waals surface area (Å²) in [5, 5.41) is 8.68. The molecule has 4 nitrogen and oxygen atoms in total. The van der Waals surface area contributed by atoms with E-state index in [0.717, 1.165) is 24.9 Å². The number of carboxylic acids is 1. The Kier molecular flexibility index (Phi) is 3.23. The first-order valence-electron chi connectivity index (χ1n) is 6.92. The summed E-state index contributed by atoms with van der Waals surface area (Å²) in [6, 6.07) is 8.20. The number of aromatic nitrogens is 2. The number of hydrogen-bond donors (Lipinski definition) is 1. The lowest BCUT2D eigenvalue weighted by Gasteiger charge is -2.08. The van der Waals surface area contributed by atoms with Gasteiger partial charge in [0.05, 0.1) is 11.0 Å². The number of rotatable bonds is 6. The van der Waals surface area contributed by atoms with Crippen LogP contribution in [0.5, 0.6) is 0 Å². The van der Waals surface area contributed by atoms with Crippen molar-refractivity contribution in [3.8, 4) is 0 Å². The highest BCUT2D eigenvalue weighted by molar-refractivity contribution is 5.76. The summed E-state index contributed by atoms with van der Waals surface area (Å²) in [5.41, 5.74) is 2.24. The van der Waals surface area contributed by atoms with E-state index in [9.17, 15) is 4.79 Å². The number of benzene rings is 1. The number of imidazole rings is 1. The van der Waals surface area contributed by atoms with Gasteiger partial charge in [0.25, 0.3) is 0 Å². The molecule has 1 saturated carbocycles. The van der Waals surface area contributed by atoms with Gasteiger partial charge in [-0.25, -0.2) is 4.98 Å². The highest BCUT2D eigenvalue weighted by atomic mass is 16.4. The molecule has 0 aliphatic heterocycles. The van der Waals surface area contributed by atoms with Crippen molar-refractivity contribution in [2.45, 2.75) is 44.6 Å². The van der Waals surface area contributed by atoms with Crippen LogP contribution in [0.25, 0.3) is 11.0 Å². The van der Waals surface area contributed by atoms with Gasteiger partial charge < -0.3 is 9.67 Å². The van der Waals surface area contributed by atoms with Crippen LogP contribution in [0.15, 0.2) is 24.3 Å². The lowest BCUT2D eigenvalue weighted by atomic mass is 10.2. The molecule has 0 radical (unpaired) electrons. The molecule has 4 heteroatoms. The van der Waals surface area contributed by atoms with Crippen molar-refractivity contribution in [3.63, 3.8) is 0 Å². The minimum atomic E-state index is -0.710. The molecule has 0 unspecified atom stereocenters. The molecule has 0 spiro atoms. The van der Waals surface area contributed by atoms with Crippen molar-refractivity contribution in [3.05, 3.63) is 30.1 Å². The summed E-state index contributed by atoms with van der Waals surface area (Å²) in [4.78, 5) is 15.3. The third kappa shape index (κ3) is 2.62. The van der Waals surface area contributed by atoms with Gasteiger partial charge in [0.15, 0.2) is 0 Å². The van der Waals surface area contributed by atoms with E-state index in [-0.39, 0.29) is 6.42 Å². The summed E-state index contributed by atoms with van der Waals surface area (Å²) >= 11 is 0. The Hall–Kier alpha value is -1.84. The van der Waals surface area contributed by atoms with Crippen molar-refractivity contribution in [1.82, 2.24) is 9.55 Å². The highest BCUT2D eigenvalue weighted by Crippen LogP contribution is 2.40. The monoisotopic (exact) mass is 258 g/mol. The van der Waals surface area contributed by atoms with Gasteiger partial charge >= 0.3 is 5.97 Å². The second kappa shape index (κ2) is 5.03. The number of para-hydroxylation sites is 2. The quantitative estimate of drug-likeness (QED) is 0.810. The second-order valence-corrected chi connectivity index (χ2v) is 5.24. The van der Waals surface area contributed by atoms with Gasteiger partial charge in [0, 0.05) is 18.9 Å². The molecule has 19 heavy (non-hydrogen) atoms.